The van der Waals surface area contributed by atoms with Gasteiger partial charge in [-0.1, -0.05) is 12.1 Å². The molecule has 0 fully saturated rings. The largest absolute Gasteiger partial charge is 0.426 e. The number of esters is 1. The maximum absolute atomic E-state index is 12.1. The number of rotatable bonds is 1. The van der Waals surface area contributed by atoms with Gasteiger partial charge < -0.3 is 4.74 Å². The lowest BCUT2D eigenvalue weighted by molar-refractivity contribution is -0.135. The van der Waals surface area contributed by atoms with Crippen LogP contribution < -0.4 is 4.74 Å². The number of hydrogen-bond donors (Lipinski definition) is 0. The fourth-order valence-corrected chi connectivity index (χ4v) is 3.86. The van der Waals surface area contributed by atoms with Crippen molar-refractivity contribution in [2.24, 2.45) is 0 Å². The quantitative estimate of drug-likeness (QED) is 0.393. The predicted octanol–water partition coefficient (Wildman–Crippen LogP) is 3.68. The smallest absolute Gasteiger partial charge is 0.312 e. The minimum absolute atomic E-state index is 0.0848. The number of nitrogens with zero attached hydrogens (tertiary/aromatic N) is 3. The number of benzene rings is 2. The molecular formula is C18H11N3O2S. The lowest BCUT2D eigenvalue weighted by Gasteiger charge is -2.25. The summed E-state index contributed by atoms with van der Waals surface area (Å²) in [5.41, 5.74) is 4.61. The summed E-state index contributed by atoms with van der Waals surface area (Å²) in [6.07, 6.45) is 2.08. The molecule has 1 unspecified atom stereocenters. The minimum atomic E-state index is -0.221. The Morgan fingerprint density at radius 3 is 2.96 bits per heavy atom. The van der Waals surface area contributed by atoms with E-state index in [-0.39, 0.29) is 11.9 Å². The Kier molecular flexibility index (Phi) is 2.87. The molecular weight excluding hydrogens is 322 g/mol. The molecule has 2 aromatic heterocycles. The van der Waals surface area contributed by atoms with Gasteiger partial charge in [0.25, 0.3) is 0 Å². The molecule has 116 valence electrons. The zero-order valence-corrected chi connectivity index (χ0v) is 13.3. The third-order valence-corrected chi connectivity index (χ3v) is 4.94. The second-order valence-electron chi connectivity index (χ2n) is 5.80. The van der Waals surface area contributed by atoms with Gasteiger partial charge in [-0.2, -0.15) is 8.75 Å². The van der Waals surface area contributed by atoms with Crippen LogP contribution in [-0.2, 0) is 4.79 Å². The van der Waals surface area contributed by atoms with Crippen LogP contribution in [0.4, 0.5) is 0 Å². The van der Waals surface area contributed by atoms with Crippen LogP contribution in [0.1, 0.15) is 23.5 Å². The van der Waals surface area contributed by atoms with E-state index in [1.807, 2.05) is 36.4 Å². The summed E-state index contributed by atoms with van der Waals surface area (Å²) in [7, 11) is 0. The molecule has 5 nitrogen and oxygen atoms in total. The average Bonchev–Trinajstić information content (AvgIpc) is 3.09. The monoisotopic (exact) mass is 333 g/mol. The predicted molar refractivity (Wildman–Crippen MR) is 91.3 cm³/mol. The van der Waals surface area contributed by atoms with Crippen molar-refractivity contribution in [3.8, 4) is 5.75 Å². The molecule has 1 aliphatic heterocycles. The molecule has 6 heteroatoms. The van der Waals surface area contributed by atoms with Crippen molar-refractivity contribution in [1.82, 2.24) is 13.7 Å². The number of carbonyl (C=O) groups excluding carboxylic acids is 1. The molecule has 1 atom stereocenters. The van der Waals surface area contributed by atoms with E-state index in [4.69, 9.17) is 4.74 Å². The van der Waals surface area contributed by atoms with Gasteiger partial charge in [0.15, 0.2) is 0 Å². The highest BCUT2D eigenvalue weighted by Crippen LogP contribution is 2.42. The molecule has 3 heterocycles. The Morgan fingerprint density at radius 2 is 2.00 bits per heavy atom. The van der Waals surface area contributed by atoms with Crippen LogP contribution >= 0.6 is 11.7 Å². The Hall–Kier alpha value is -2.86. The van der Waals surface area contributed by atoms with E-state index < -0.39 is 0 Å². The highest BCUT2D eigenvalue weighted by Gasteiger charge is 2.31. The summed E-state index contributed by atoms with van der Waals surface area (Å²) in [5.74, 6) is 0.280. The van der Waals surface area contributed by atoms with Gasteiger partial charge >= 0.3 is 5.97 Å². The highest BCUT2D eigenvalue weighted by molar-refractivity contribution is 7.00. The van der Waals surface area contributed by atoms with E-state index in [1.54, 1.807) is 6.20 Å². The first-order chi connectivity index (χ1) is 11.8. The van der Waals surface area contributed by atoms with E-state index in [2.05, 4.69) is 19.8 Å². The Bertz CT molecular complexity index is 1110. The first kappa shape index (κ1) is 13.6. The molecule has 0 saturated heterocycles. The van der Waals surface area contributed by atoms with Gasteiger partial charge in [0.05, 0.1) is 23.7 Å². The van der Waals surface area contributed by atoms with E-state index in [9.17, 15) is 4.79 Å². The fourth-order valence-electron chi connectivity index (χ4n) is 3.31. The third kappa shape index (κ3) is 2.00. The minimum Gasteiger partial charge on any atom is -0.426 e. The SMILES string of the molecule is O=C1CC(c2ccc3ncccc3c2)c2c(ccc3nsnc23)O1. The number of aromatic nitrogens is 3. The van der Waals surface area contributed by atoms with Crippen LogP contribution in [0, 0.1) is 0 Å². The van der Waals surface area contributed by atoms with Crippen molar-refractivity contribution >= 4 is 39.6 Å². The van der Waals surface area contributed by atoms with Gasteiger partial charge in [-0.15, -0.1) is 0 Å². The topological polar surface area (TPSA) is 65.0 Å². The van der Waals surface area contributed by atoms with Crippen LogP contribution in [-0.4, -0.2) is 19.7 Å². The number of ether oxygens (including phenoxy) is 1. The molecule has 0 spiro atoms. The van der Waals surface area contributed by atoms with Crippen molar-refractivity contribution in [2.45, 2.75) is 12.3 Å². The summed E-state index contributed by atoms with van der Waals surface area (Å²) in [6.45, 7) is 0. The molecule has 5 rings (SSSR count). The molecule has 2 aromatic carbocycles. The normalized spacial score (nSPS) is 17.0. The Morgan fingerprint density at radius 1 is 1.08 bits per heavy atom. The first-order valence-corrected chi connectivity index (χ1v) is 8.33. The van der Waals surface area contributed by atoms with E-state index >= 15 is 0 Å². The van der Waals surface area contributed by atoms with Gasteiger partial charge in [0.1, 0.15) is 16.8 Å². The number of fused-ring (bicyclic) bond motifs is 4. The van der Waals surface area contributed by atoms with E-state index in [0.29, 0.717) is 12.2 Å². The van der Waals surface area contributed by atoms with Crippen molar-refractivity contribution in [3.05, 3.63) is 59.8 Å². The molecule has 24 heavy (non-hydrogen) atoms. The van der Waals surface area contributed by atoms with Gasteiger partial charge in [-0.25, -0.2) is 0 Å². The number of pyridine rings is 1. The summed E-state index contributed by atoms with van der Waals surface area (Å²) >= 11 is 1.18. The van der Waals surface area contributed by atoms with Crippen LogP contribution in [0.2, 0.25) is 0 Å². The second-order valence-corrected chi connectivity index (χ2v) is 6.32. The fraction of sp³-hybridized carbons (Fsp3) is 0.111. The molecule has 0 bridgehead atoms. The Labute approximate surface area is 141 Å². The summed E-state index contributed by atoms with van der Waals surface area (Å²) < 4.78 is 14.2. The van der Waals surface area contributed by atoms with Crippen molar-refractivity contribution in [2.75, 3.05) is 0 Å². The maximum atomic E-state index is 12.1. The zero-order chi connectivity index (χ0) is 16.1. The standard InChI is InChI=1S/C18H11N3O2S/c22-16-9-12(10-3-4-13-11(8-10)2-1-7-19-13)17-15(23-16)6-5-14-18(17)21-24-20-14/h1-8,12H,9H2. The van der Waals surface area contributed by atoms with Gasteiger partial charge in [0.2, 0.25) is 0 Å². The van der Waals surface area contributed by atoms with Crippen molar-refractivity contribution in [3.63, 3.8) is 0 Å². The van der Waals surface area contributed by atoms with Gasteiger partial charge in [-0.3, -0.25) is 9.78 Å². The second kappa shape index (κ2) is 5.07. The summed E-state index contributed by atoms with van der Waals surface area (Å²) in [5, 5.41) is 1.05. The average molecular weight is 333 g/mol. The van der Waals surface area contributed by atoms with Gasteiger partial charge in [-0.05, 0) is 35.9 Å². The Balaban J connectivity index is 1.75. The first-order valence-electron chi connectivity index (χ1n) is 7.60. The summed E-state index contributed by atoms with van der Waals surface area (Å²) in [4.78, 5) is 16.4. The van der Waals surface area contributed by atoms with E-state index in [1.165, 1.54) is 11.7 Å². The van der Waals surface area contributed by atoms with Crippen molar-refractivity contribution in [1.29, 1.82) is 0 Å². The zero-order valence-electron chi connectivity index (χ0n) is 12.5. The van der Waals surface area contributed by atoms with Crippen LogP contribution in [0.15, 0.2) is 48.7 Å². The third-order valence-electron chi connectivity index (χ3n) is 4.40. The molecule has 4 aromatic rings. The van der Waals surface area contributed by atoms with Gasteiger partial charge in [0, 0.05) is 23.1 Å². The lowest BCUT2D eigenvalue weighted by Crippen LogP contribution is -2.21. The lowest BCUT2D eigenvalue weighted by atomic mass is 9.85. The molecule has 0 aliphatic carbocycles. The van der Waals surface area contributed by atoms with Crippen LogP contribution in [0.5, 0.6) is 5.75 Å². The van der Waals surface area contributed by atoms with Crippen molar-refractivity contribution < 1.29 is 9.53 Å². The van der Waals surface area contributed by atoms with Crippen LogP contribution in [0.3, 0.4) is 0 Å². The number of hydrogen-bond acceptors (Lipinski definition) is 6. The van der Waals surface area contributed by atoms with E-state index in [0.717, 1.165) is 33.1 Å². The van der Waals surface area contributed by atoms with Crippen LogP contribution in [0.25, 0.3) is 21.9 Å². The molecule has 0 saturated carbocycles. The highest BCUT2D eigenvalue weighted by atomic mass is 32.1. The number of carbonyl (C=O) groups is 1. The molecule has 0 N–H and O–H groups in total. The molecule has 1 aliphatic rings. The molecule has 0 radical (unpaired) electrons. The molecule has 0 amide bonds. The maximum Gasteiger partial charge on any atom is 0.312 e. The summed E-state index contributed by atoms with van der Waals surface area (Å²) in [6, 6.07) is 13.7.